The van der Waals surface area contributed by atoms with Crippen LogP contribution in [0.25, 0.3) is 0 Å². The summed E-state index contributed by atoms with van der Waals surface area (Å²) in [6.45, 7) is 2.03. The van der Waals surface area contributed by atoms with Crippen LogP contribution in [0.4, 0.5) is 11.4 Å². The third kappa shape index (κ3) is 4.47. The molecule has 8 nitrogen and oxygen atoms in total. The number of hydrogen-bond donors (Lipinski definition) is 1. The van der Waals surface area contributed by atoms with Gasteiger partial charge in [-0.25, -0.2) is 0 Å². The fourth-order valence-corrected chi connectivity index (χ4v) is 2.78. The van der Waals surface area contributed by atoms with Gasteiger partial charge >= 0.3 is 0 Å². The minimum Gasteiger partial charge on any atom is -0.487 e. The maximum atomic E-state index is 12.3. The summed E-state index contributed by atoms with van der Waals surface area (Å²) in [5, 5.41) is 17.9. The van der Waals surface area contributed by atoms with Gasteiger partial charge in [-0.3, -0.25) is 19.6 Å². The maximum Gasteiger partial charge on any atom is 0.271 e. The molecule has 28 heavy (non-hydrogen) atoms. The van der Waals surface area contributed by atoms with Crippen molar-refractivity contribution in [2.75, 3.05) is 5.32 Å². The quantitative estimate of drug-likeness (QED) is 0.495. The van der Waals surface area contributed by atoms with Crippen molar-refractivity contribution in [2.45, 2.75) is 13.5 Å². The maximum absolute atomic E-state index is 12.3. The summed E-state index contributed by atoms with van der Waals surface area (Å²) >= 11 is 6.01. The molecule has 144 valence electrons. The molecule has 0 unspecified atom stereocenters. The number of non-ortho nitro benzene ring substituents is 1. The first kappa shape index (κ1) is 19.4. The van der Waals surface area contributed by atoms with Gasteiger partial charge in [0.05, 0.1) is 21.3 Å². The summed E-state index contributed by atoms with van der Waals surface area (Å²) in [5.41, 5.74) is 2.62. The van der Waals surface area contributed by atoms with Crippen LogP contribution in [-0.2, 0) is 13.7 Å². The van der Waals surface area contributed by atoms with E-state index in [1.807, 2.05) is 6.92 Å². The molecule has 3 aromatic rings. The molecule has 0 radical (unpaired) electrons. The van der Waals surface area contributed by atoms with Crippen molar-refractivity contribution < 1.29 is 14.5 Å². The van der Waals surface area contributed by atoms with Crippen LogP contribution >= 0.6 is 11.6 Å². The highest BCUT2D eigenvalue weighted by atomic mass is 35.5. The number of nitrogens with zero attached hydrogens (tertiary/aromatic N) is 3. The standard InChI is InChI=1S/C19H17ClN4O4/c1-12-17(10-23(2)22-12)21-19(25)14-5-3-13(4-6-14)11-28-18-8-7-15(24(26)27)9-16(18)20/h3-10H,11H2,1-2H3,(H,21,25). The Morgan fingerprint density at radius 1 is 1.29 bits per heavy atom. The molecule has 1 amide bonds. The van der Waals surface area contributed by atoms with Crippen LogP contribution in [0.5, 0.6) is 5.75 Å². The SMILES string of the molecule is Cc1nn(C)cc1NC(=O)c1ccc(COc2ccc([N+](=O)[O-])cc2Cl)cc1. The topological polar surface area (TPSA) is 99.3 Å². The van der Waals surface area contributed by atoms with Crippen molar-refractivity contribution in [1.82, 2.24) is 9.78 Å². The third-order valence-corrected chi connectivity index (χ3v) is 4.29. The Morgan fingerprint density at radius 2 is 2.00 bits per heavy atom. The molecule has 0 fully saturated rings. The Kier molecular flexibility index (Phi) is 5.60. The predicted octanol–water partition coefficient (Wildman–Crippen LogP) is 4.12. The second-order valence-corrected chi connectivity index (χ2v) is 6.52. The normalized spacial score (nSPS) is 10.5. The van der Waals surface area contributed by atoms with Crippen LogP contribution in [0.2, 0.25) is 5.02 Å². The Morgan fingerprint density at radius 3 is 2.57 bits per heavy atom. The molecule has 2 aromatic carbocycles. The van der Waals surface area contributed by atoms with Gasteiger partial charge in [0.1, 0.15) is 12.4 Å². The van der Waals surface area contributed by atoms with Crippen LogP contribution < -0.4 is 10.1 Å². The van der Waals surface area contributed by atoms with E-state index in [0.717, 1.165) is 11.3 Å². The minimum absolute atomic E-state index is 0.100. The van der Waals surface area contributed by atoms with Gasteiger partial charge < -0.3 is 10.1 Å². The second kappa shape index (κ2) is 8.10. The number of halogens is 1. The van der Waals surface area contributed by atoms with Crippen molar-refractivity contribution >= 4 is 28.9 Å². The van der Waals surface area contributed by atoms with Crippen LogP contribution in [0.15, 0.2) is 48.7 Å². The number of nitrogens with one attached hydrogen (secondary N) is 1. The lowest BCUT2D eigenvalue weighted by atomic mass is 10.1. The highest BCUT2D eigenvalue weighted by Gasteiger charge is 2.12. The number of anilines is 1. The average Bonchev–Trinajstić information content (AvgIpc) is 2.97. The molecule has 0 spiro atoms. The molecule has 1 aromatic heterocycles. The summed E-state index contributed by atoms with van der Waals surface area (Å²) in [6.07, 6.45) is 1.74. The number of nitro groups is 1. The van der Waals surface area contributed by atoms with Crippen molar-refractivity contribution in [1.29, 1.82) is 0 Å². The van der Waals surface area contributed by atoms with E-state index in [2.05, 4.69) is 10.4 Å². The predicted molar refractivity (Wildman–Crippen MR) is 105 cm³/mol. The van der Waals surface area contributed by atoms with E-state index < -0.39 is 4.92 Å². The molecule has 0 aliphatic carbocycles. The molecular formula is C19H17ClN4O4. The second-order valence-electron chi connectivity index (χ2n) is 6.11. The van der Waals surface area contributed by atoms with E-state index >= 15 is 0 Å². The zero-order valence-corrected chi connectivity index (χ0v) is 15.9. The van der Waals surface area contributed by atoms with E-state index in [4.69, 9.17) is 16.3 Å². The Balaban J connectivity index is 1.62. The minimum atomic E-state index is -0.521. The summed E-state index contributed by atoms with van der Waals surface area (Å²) < 4.78 is 7.24. The fourth-order valence-electron chi connectivity index (χ4n) is 2.55. The van der Waals surface area contributed by atoms with Gasteiger partial charge in [0.2, 0.25) is 0 Å². The van der Waals surface area contributed by atoms with Gasteiger partial charge in [0, 0.05) is 30.9 Å². The Labute approximate surface area is 165 Å². The molecule has 0 aliphatic heterocycles. The first-order chi connectivity index (χ1) is 13.3. The highest BCUT2D eigenvalue weighted by Crippen LogP contribution is 2.29. The summed E-state index contributed by atoms with van der Waals surface area (Å²) in [5.74, 6) is 0.114. The number of rotatable bonds is 6. The number of amides is 1. The number of ether oxygens (including phenoxy) is 1. The van der Waals surface area contributed by atoms with E-state index in [1.165, 1.54) is 18.2 Å². The Bertz CT molecular complexity index is 1030. The number of nitro benzene ring substituents is 1. The number of benzene rings is 2. The summed E-state index contributed by atoms with van der Waals surface area (Å²) in [4.78, 5) is 22.6. The monoisotopic (exact) mass is 400 g/mol. The number of aryl methyl sites for hydroxylation is 2. The van der Waals surface area contributed by atoms with Gasteiger partial charge in [-0.15, -0.1) is 0 Å². The summed E-state index contributed by atoms with van der Waals surface area (Å²) in [6, 6.07) is 10.9. The highest BCUT2D eigenvalue weighted by molar-refractivity contribution is 6.32. The molecule has 0 bridgehead atoms. The van der Waals surface area contributed by atoms with Gasteiger partial charge in [0.15, 0.2) is 0 Å². The molecule has 1 N–H and O–H groups in total. The van der Waals surface area contributed by atoms with Gasteiger partial charge in [-0.2, -0.15) is 5.10 Å². The lowest BCUT2D eigenvalue weighted by Gasteiger charge is -2.09. The third-order valence-electron chi connectivity index (χ3n) is 4.00. The fraction of sp³-hybridized carbons (Fsp3) is 0.158. The van der Waals surface area contributed by atoms with Crippen LogP contribution in [-0.4, -0.2) is 20.6 Å². The van der Waals surface area contributed by atoms with Crippen molar-refractivity contribution in [3.8, 4) is 5.75 Å². The molecule has 0 aliphatic rings. The number of hydrogen-bond acceptors (Lipinski definition) is 5. The lowest BCUT2D eigenvalue weighted by molar-refractivity contribution is -0.384. The molecule has 0 saturated carbocycles. The van der Waals surface area contributed by atoms with E-state index in [9.17, 15) is 14.9 Å². The van der Waals surface area contributed by atoms with Crippen molar-refractivity contribution in [3.05, 3.63) is 80.6 Å². The number of carbonyl (C=O) groups is 1. The summed E-state index contributed by atoms with van der Waals surface area (Å²) in [7, 11) is 1.79. The van der Waals surface area contributed by atoms with Gasteiger partial charge in [-0.05, 0) is 30.7 Å². The number of carbonyl (C=O) groups excluding carboxylic acids is 1. The van der Waals surface area contributed by atoms with E-state index in [0.29, 0.717) is 17.0 Å². The molecule has 9 heteroatoms. The van der Waals surface area contributed by atoms with Gasteiger partial charge in [-0.1, -0.05) is 23.7 Å². The molecule has 0 atom stereocenters. The van der Waals surface area contributed by atoms with Crippen LogP contribution in [0.3, 0.4) is 0 Å². The average molecular weight is 401 g/mol. The first-order valence-electron chi connectivity index (χ1n) is 8.31. The first-order valence-corrected chi connectivity index (χ1v) is 8.68. The lowest BCUT2D eigenvalue weighted by Crippen LogP contribution is -2.12. The van der Waals surface area contributed by atoms with Crippen molar-refractivity contribution in [2.24, 2.45) is 7.05 Å². The largest absolute Gasteiger partial charge is 0.487 e. The van der Waals surface area contributed by atoms with Gasteiger partial charge in [0.25, 0.3) is 11.6 Å². The molecular weight excluding hydrogens is 384 g/mol. The number of aromatic nitrogens is 2. The molecule has 3 rings (SSSR count). The zero-order chi connectivity index (χ0) is 20.3. The smallest absolute Gasteiger partial charge is 0.271 e. The zero-order valence-electron chi connectivity index (χ0n) is 15.2. The van der Waals surface area contributed by atoms with E-state index in [-0.39, 0.29) is 23.2 Å². The molecule has 1 heterocycles. The van der Waals surface area contributed by atoms with Crippen molar-refractivity contribution in [3.63, 3.8) is 0 Å². The van der Waals surface area contributed by atoms with Crippen LogP contribution in [0, 0.1) is 17.0 Å². The van der Waals surface area contributed by atoms with Crippen LogP contribution in [0.1, 0.15) is 21.6 Å². The molecule has 0 saturated heterocycles. The van der Waals surface area contributed by atoms with E-state index in [1.54, 1.807) is 42.2 Å². The Hall–Kier alpha value is -3.39.